The minimum atomic E-state index is 0.184. The summed E-state index contributed by atoms with van der Waals surface area (Å²) in [5.41, 5.74) is 4.60. The summed E-state index contributed by atoms with van der Waals surface area (Å²) >= 11 is 0. The molecule has 0 amide bonds. The molecule has 33 heavy (non-hydrogen) atoms. The molecule has 0 saturated heterocycles. The highest BCUT2D eigenvalue weighted by Gasteiger charge is 2.22. The van der Waals surface area contributed by atoms with Crippen LogP contribution in [0.15, 0.2) is 78.9 Å². The monoisotopic (exact) mass is 443 g/mol. The number of carbonyl (C=O) groups is 1. The Balaban J connectivity index is 1.97. The first-order valence-corrected chi connectivity index (χ1v) is 12.0. The molecule has 0 aliphatic carbocycles. The molecule has 0 heterocycles. The molecule has 3 rings (SSSR count). The third kappa shape index (κ3) is 7.03. The first-order valence-electron chi connectivity index (χ1n) is 12.0. The number of aldehydes is 1. The third-order valence-electron chi connectivity index (χ3n) is 6.21. The molecule has 0 fully saturated rings. The van der Waals surface area contributed by atoms with E-state index in [1.807, 2.05) is 30.3 Å². The molecule has 3 heteroatoms. The summed E-state index contributed by atoms with van der Waals surface area (Å²) in [5, 5.41) is 0. The predicted octanol–water partition coefficient (Wildman–Crippen LogP) is 6.65. The van der Waals surface area contributed by atoms with Crippen LogP contribution in [0.5, 0.6) is 5.75 Å². The standard InChI is InChI=1S/C30H37NO2/c1-23(2)31(24(3)4)19-17-28(27-13-9-6-10-14-27)29-21-25(18-20-32)15-16-30(29)33-22-26-11-7-5-8-12-26/h5-16,20-21,23-24,28H,17-19,22H2,1-4H3/t28-/m1/s1. The van der Waals surface area contributed by atoms with Gasteiger partial charge in [-0.05, 0) is 63.4 Å². The maximum Gasteiger partial charge on any atom is 0.124 e. The smallest absolute Gasteiger partial charge is 0.124 e. The van der Waals surface area contributed by atoms with Gasteiger partial charge in [-0.1, -0.05) is 72.8 Å². The minimum absolute atomic E-state index is 0.184. The van der Waals surface area contributed by atoms with E-state index < -0.39 is 0 Å². The van der Waals surface area contributed by atoms with Crippen LogP contribution in [0.1, 0.15) is 62.3 Å². The van der Waals surface area contributed by atoms with Crippen LogP contribution in [0, 0.1) is 0 Å². The highest BCUT2D eigenvalue weighted by molar-refractivity contribution is 5.56. The van der Waals surface area contributed by atoms with Crippen LogP contribution in [-0.4, -0.2) is 29.8 Å². The van der Waals surface area contributed by atoms with Crippen LogP contribution in [0.25, 0.3) is 0 Å². The molecule has 0 aliphatic rings. The molecular weight excluding hydrogens is 406 g/mol. The van der Waals surface area contributed by atoms with Gasteiger partial charge in [-0.25, -0.2) is 0 Å². The molecule has 0 aromatic heterocycles. The van der Waals surface area contributed by atoms with Gasteiger partial charge in [-0.15, -0.1) is 0 Å². The van der Waals surface area contributed by atoms with E-state index >= 15 is 0 Å². The molecule has 0 spiro atoms. The molecule has 1 atom stereocenters. The van der Waals surface area contributed by atoms with Gasteiger partial charge in [0.05, 0.1) is 0 Å². The van der Waals surface area contributed by atoms with Gasteiger partial charge in [0.2, 0.25) is 0 Å². The lowest BCUT2D eigenvalue weighted by Crippen LogP contribution is -2.38. The Morgan fingerprint density at radius 2 is 1.45 bits per heavy atom. The summed E-state index contributed by atoms with van der Waals surface area (Å²) in [4.78, 5) is 13.8. The number of carbonyl (C=O) groups excluding carboxylic acids is 1. The Morgan fingerprint density at radius 1 is 0.818 bits per heavy atom. The van der Waals surface area contributed by atoms with Crippen molar-refractivity contribution in [2.45, 2.75) is 65.1 Å². The Bertz CT molecular complexity index is 975. The molecule has 0 radical (unpaired) electrons. The second-order valence-electron chi connectivity index (χ2n) is 9.19. The lowest BCUT2D eigenvalue weighted by atomic mass is 9.86. The highest BCUT2D eigenvalue weighted by Crippen LogP contribution is 2.36. The fraction of sp³-hybridized carbons (Fsp3) is 0.367. The van der Waals surface area contributed by atoms with Crippen LogP contribution < -0.4 is 4.74 Å². The molecule has 0 N–H and O–H groups in total. The number of hydrogen-bond acceptors (Lipinski definition) is 3. The van der Waals surface area contributed by atoms with Gasteiger partial charge in [0.15, 0.2) is 0 Å². The summed E-state index contributed by atoms with van der Waals surface area (Å²) in [6, 6.07) is 28.1. The van der Waals surface area contributed by atoms with E-state index in [4.69, 9.17) is 4.74 Å². The van der Waals surface area contributed by atoms with Gasteiger partial charge in [-0.3, -0.25) is 4.90 Å². The average molecular weight is 444 g/mol. The quantitative estimate of drug-likeness (QED) is 0.294. The Hall–Kier alpha value is -2.91. The largest absolute Gasteiger partial charge is 0.489 e. The van der Waals surface area contributed by atoms with Gasteiger partial charge in [0, 0.05) is 30.0 Å². The number of hydrogen-bond donors (Lipinski definition) is 0. The van der Waals surface area contributed by atoms with Crippen molar-refractivity contribution in [1.29, 1.82) is 0 Å². The maximum atomic E-state index is 11.2. The number of nitrogens with zero attached hydrogens (tertiary/aromatic N) is 1. The highest BCUT2D eigenvalue weighted by atomic mass is 16.5. The molecule has 0 bridgehead atoms. The van der Waals surface area contributed by atoms with Gasteiger partial charge >= 0.3 is 0 Å². The van der Waals surface area contributed by atoms with Crippen LogP contribution in [0.2, 0.25) is 0 Å². The fourth-order valence-corrected chi connectivity index (χ4v) is 4.54. The van der Waals surface area contributed by atoms with E-state index in [0.717, 1.165) is 41.7 Å². The molecule has 3 nitrogen and oxygen atoms in total. The van der Waals surface area contributed by atoms with E-state index in [0.29, 0.717) is 25.1 Å². The molecule has 3 aromatic rings. The van der Waals surface area contributed by atoms with Crippen molar-refractivity contribution in [1.82, 2.24) is 4.90 Å². The topological polar surface area (TPSA) is 29.5 Å². The zero-order valence-corrected chi connectivity index (χ0v) is 20.4. The molecule has 0 saturated carbocycles. The van der Waals surface area contributed by atoms with E-state index in [1.54, 1.807) is 0 Å². The van der Waals surface area contributed by atoms with Crippen molar-refractivity contribution in [3.05, 3.63) is 101 Å². The molecule has 174 valence electrons. The van der Waals surface area contributed by atoms with Crippen LogP contribution >= 0.6 is 0 Å². The zero-order valence-electron chi connectivity index (χ0n) is 20.4. The average Bonchev–Trinajstić information content (AvgIpc) is 2.82. The van der Waals surface area contributed by atoms with Crippen molar-refractivity contribution in [3.63, 3.8) is 0 Å². The first kappa shape index (κ1) is 24.7. The molecule has 0 unspecified atom stereocenters. The summed E-state index contributed by atoms with van der Waals surface area (Å²) in [7, 11) is 0. The first-order chi connectivity index (χ1) is 16.0. The Kier molecular flexibility index (Phi) is 9.26. The van der Waals surface area contributed by atoms with Crippen molar-refractivity contribution in [3.8, 4) is 5.75 Å². The Morgan fingerprint density at radius 3 is 2.06 bits per heavy atom. The number of rotatable bonds is 12. The van der Waals surface area contributed by atoms with Crippen LogP contribution in [-0.2, 0) is 17.8 Å². The van der Waals surface area contributed by atoms with E-state index in [2.05, 4.69) is 81.1 Å². The second-order valence-corrected chi connectivity index (χ2v) is 9.19. The molecular formula is C30H37NO2. The van der Waals surface area contributed by atoms with Crippen LogP contribution in [0.4, 0.5) is 0 Å². The lowest BCUT2D eigenvalue weighted by molar-refractivity contribution is -0.107. The minimum Gasteiger partial charge on any atom is -0.489 e. The normalized spacial score (nSPS) is 12.3. The van der Waals surface area contributed by atoms with Crippen molar-refractivity contribution in [2.75, 3.05) is 6.54 Å². The van der Waals surface area contributed by atoms with E-state index in [1.165, 1.54) is 5.56 Å². The predicted molar refractivity (Wildman–Crippen MR) is 137 cm³/mol. The van der Waals surface area contributed by atoms with Gasteiger partial charge in [0.25, 0.3) is 0 Å². The third-order valence-corrected chi connectivity index (χ3v) is 6.21. The molecule has 0 aliphatic heterocycles. The number of benzene rings is 3. The summed E-state index contributed by atoms with van der Waals surface area (Å²) < 4.78 is 6.36. The fourth-order valence-electron chi connectivity index (χ4n) is 4.54. The summed E-state index contributed by atoms with van der Waals surface area (Å²) in [6.45, 7) is 10.6. The Labute approximate surface area is 199 Å². The van der Waals surface area contributed by atoms with Crippen molar-refractivity contribution in [2.24, 2.45) is 0 Å². The summed E-state index contributed by atoms with van der Waals surface area (Å²) in [5.74, 6) is 1.08. The SMILES string of the molecule is CC(C)N(CC[C@H](c1ccccc1)c1cc(CC=O)ccc1OCc1ccccc1)C(C)C. The van der Waals surface area contributed by atoms with Gasteiger partial charge in [-0.2, -0.15) is 0 Å². The maximum absolute atomic E-state index is 11.2. The van der Waals surface area contributed by atoms with E-state index in [9.17, 15) is 4.79 Å². The van der Waals surface area contributed by atoms with Crippen LogP contribution in [0.3, 0.4) is 0 Å². The van der Waals surface area contributed by atoms with Crippen molar-refractivity contribution >= 4 is 6.29 Å². The number of ether oxygens (including phenoxy) is 1. The second kappa shape index (κ2) is 12.4. The van der Waals surface area contributed by atoms with Gasteiger partial charge in [0.1, 0.15) is 18.6 Å². The van der Waals surface area contributed by atoms with Gasteiger partial charge < -0.3 is 9.53 Å². The summed E-state index contributed by atoms with van der Waals surface area (Å²) in [6.07, 6.45) is 2.37. The lowest BCUT2D eigenvalue weighted by Gasteiger charge is -2.32. The molecule has 3 aromatic carbocycles. The van der Waals surface area contributed by atoms with E-state index in [-0.39, 0.29) is 5.92 Å². The van der Waals surface area contributed by atoms with Crippen molar-refractivity contribution < 1.29 is 9.53 Å². The zero-order chi connectivity index (χ0) is 23.6.